The number of halogens is 1. The summed E-state index contributed by atoms with van der Waals surface area (Å²) in [6.07, 6.45) is 1.09. The fourth-order valence-corrected chi connectivity index (χ4v) is 2.55. The van der Waals surface area contributed by atoms with Crippen LogP contribution in [0.1, 0.15) is 37.4 Å². The smallest absolute Gasteiger partial charge is 0.119 e. The summed E-state index contributed by atoms with van der Waals surface area (Å²) in [6.45, 7) is 5.92. The van der Waals surface area contributed by atoms with Gasteiger partial charge in [-0.3, -0.25) is 0 Å². The molecular weight excluding hydrogens is 326 g/mol. The molecule has 2 aromatic carbocycles. The van der Waals surface area contributed by atoms with Crippen molar-refractivity contribution in [2.75, 3.05) is 6.54 Å². The molecule has 0 amide bonds. The van der Waals surface area contributed by atoms with Crippen molar-refractivity contribution in [3.63, 3.8) is 0 Å². The number of rotatable bonds is 7. The van der Waals surface area contributed by atoms with E-state index in [0.29, 0.717) is 12.6 Å². The summed E-state index contributed by atoms with van der Waals surface area (Å²) >= 11 is 3.44. The number of hydrogen-bond donors (Lipinski definition) is 1. The van der Waals surface area contributed by atoms with Crippen molar-refractivity contribution in [2.45, 2.75) is 32.9 Å². The summed E-state index contributed by atoms with van der Waals surface area (Å²) in [5.41, 5.74) is 2.48. The molecule has 0 radical (unpaired) electrons. The molecule has 0 heterocycles. The van der Waals surface area contributed by atoms with Crippen molar-refractivity contribution in [2.24, 2.45) is 0 Å². The third kappa shape index (κ3) is 4.87. The minimum Gasteiger partial charge on any atom is -0.489 e. The van der Waals surface area contributed by atoms with Gasteiger partial charge in [0.15, 0.2) is 0 Å². The van der Waals surface area contributed by atoms with Crippen LogP contribution in [0.3, 0.4) is 0 Å². The van der Waals surface area contributed by atoms with Crippen molar-refractivity contribution in [3.8, 4) is 5.75 Å². The fourth-order valence-electron chi connectivity index (χ4n) is 2.29. The second kappa shape index (κ2) is 8.20. The van der Waals surface area contributed by atoms with Gasteiger partial charge in [-0.2, -0.15) is 0 Å². The van der Waals surface area contributed by atoms with Gasteiger partial charge in [0.05, 0.1) is 0 Å². The minimum absolute atomic E-state index is 0.426. The second-order valence-electron chi connectivity index (χ2n) is 5.00. The molecule has 0 fully saturated rings. The van der Waals surface area contributed by atoms with Gasteiger partial charge in [-0.25, -0.2) is 0 Å². The molecule has 0 aliphatic rings. The van der Waals surface area contributed by atoms with Crippen LogP contribution in [0, 0.1) is 0 Å². The Morgan fingerprint density at radius 2 is 1.67 bits per heavy atom. The highest BCUT2D eigenvalue weighted by Gasteiger charge is 2.07. The molecule has 1 unspecified atom stereocenters. The number of benzene rings is 2. The van der Waals surface area contributed by atoms with Crippen LogP contribution in [0.25, 0.3) is 0 Å². The first-order valence-corrected chi connectivity index (χ1v) is 8.22. The molecule has 3 heteroatoms. The molecule has 2 rings (SSSR count). The van der Waals surface area contributed by atoms with Crippen LogP contribution in [-0.4, -0.2) is 6.54 Å². The molecule has 0 saturated carbocycles. The van der Waals surface area contributed by atoms with Crippen molar-refractivity contribution >= 4 is 15.9 Å². The van der Waals surface area contributed by atoms with Crippen LogP contribution in [0.2, 0.25) is 0 Å². The van der Waals surface area contributed by atoms with Crippen LogP contribution >= 0.6 is 15.9 Å². The van der Waals surface area contributed by atoms with Crippen molar-refractivity contribution in [3.05, 3.63) is 64.1 Å². The Kier molecular flexibility index (Phi) is 6.27. The molecule has 0 spiro atoms. The van der Waals surface area contributed by atoms with E-state index >= 15 is 0 Å². The Hall–Kier alpha value is -1.32. The van der Waals surface area contributed by atoms with E-state index in [4.69, 9.17) is 4.74 Å². The van der Waals surface area contributed by atoms with Crippen LogP contribution in [0.5, 0.6) is 5.75 Å². The Morgan fingerprint density at radius 1 is 1.00 bits per heavy atom. The molecule has 2 nitrogen and oxygen atoms in total. The molecule has 0 bridgehead atoms. The minimum atomic E-state index is 0.426. The largest absolute Gasteiger partial charge is 0.489 e. The van der Waals surface area contributed by atoms with Gasteiger partial charge in [-0.15, -0.1) is 0 Å². The summed E-state index contributed by atoms with van der Waals surface area (Å²) in [5.74, 6) is 0.910. The average molecular weight is 348 g/mol. The van der Waals surface area contributed by atoms with E-state index in [1.54, 1.807) is 0 Å². The molecule has 0 saturated heterocycles. The van der Waals surface area contributed by atoms with E-state index in [0.717, 1.165) is 23.2 Å². The van der Waals surface area contributed by atoms with Crippen molar-refractivity contribution in [1.29, 1.82) is 0 Å². The fraction of sp³-hybridized carbons (Fsp3) is 0.333. The molecular formula is C18H22BrNO. The lowest BCUT2D eigenvalue weighted by atomic mass is 10.0. The first-order valence-electron chi connectivity index (χ1n) is 7.43. The molecule has 1 N–H and O–H groups in total. The van der Waals surface area contributed by atoms with Gasteiger partial charge in [0.25, 0.3) is 0 Å². The maximum atomic E-state index is 5.82. The molecule has 1 atom stereocenters. The summed E-state index contributed by atoms with van der Waals surface area (Å²) in [6, 6.07) is 17.0. The number of nitrogens with one attached hydrogen (secondary N) is 1. The van der Waals surface area contributed by atoms with Crippen LogP contribution < -0.4 is 10.1 Å². The SMILES string of the molecule is CCNC(CC)c1ccc(OCc2ccc(Br)cc2)cc1. The van der Waals surface area contributed by atoms with Crippen LogP contribution in [0.4, 0.5) is 0 Å². The Morgan fingerprint density at radius 3 is 2.24 bits per heavy atom. The summed E-state index contributed by atoms with van der Waals surface area (Å²) < 4.78 is 6.91. The first kappa shape index (κ1) is 16.1. The lowest BCUT2D eigenvalue weighted by Gasteiger charge is -2.16. The third-order valence-electron chi connectivity index (χ3n) is 3.46. The van der Waals surface area contributed by atoms with Crippen molar-refractivity contribution < 1.29 is 4.74 Å². The van der Waals surface area contributed by atoms with E-state index in [2.05, 4.69) is 59.4 Å². The summed E-state index contributed by atoms with van der Waals surface area (Å²) in [4.78, 5) is 0. The highest BCUT2D eigenvalue weighted by Crippen LogP contribution is 2.21. The maximum absolute atomic E-state index is 5.82. The Bertz CT molecular complexity index is 536. The van der Waals surface area contributed by atoms with Gasteiger partial charge in [-0.1, -0.05) is 54.0 Å². The highest BCUT2D eigenvalue weighted by molar-refractivity contribution is 9.10. The lowest BCUT2D eigenvalue weighted by molar-refractivity contribution is 0.306. The zero-order valence-electron chi connectivity index (χ0n) is 12.6. The van der Waals surface area contributed by atoms with Crippen LogP contribution in [-0.2, 0) is 6.61 Å². The van der Waals surface area contributed by atoms with E-state index in [1.165, 1.54) is 11.1 Å². The van der Waals surface area contributed by atoms with Gasteiger partial charge in [0.1, 0.15) is 12.4 Å². The summed E-state index contributed by atoms with van der Waals surface area (Å²) in [5, 5.41) is 3.49. The van der Waals surface area contributed by atoms with E-state index in [9.17, 15) is 0 Å². The standard InChI is InChI=1S/C18H22BrNO/c1-3-18(20-4-2)15-7-11-17(12-8-15)21-13-14-5-9-16(19)10-6-14/h5-12,18,20H,3-4,13H2,1-2H3. The second-order valence-corrected chi connectivity index (χ2v) is 5.92. The molecule has 0 aliphatic heterocycles. The van der Waals surface area contributed by atoms with Gasteiger partial charge in [0, 0.05) is 10.5 Å². The third-order valence-corrected chi connectivity index (χ3v) is 3.99. The van der Waals surface area contributed by atoms with E-state index < -0.39 is 0 Å². The van der Waals surface area contributed by atoms with E-state index in [1.807, 2.05) is 24.3 Å². The molecule has 0 aliphatic carbocycles. The van der Waals surface area contributed by atoms with Crippen LogP contribution in [0.15, 0.2) is 53.0 Å². The quantitative estimate of drug-likeness (QED) is 0.753. The normalized spacial score (nSPS) is 12.1. The molecule has 21 heavy (non-hydrogen) atoms. The number of hydrogen-bond acceptors (Lipinski definition) is 2. The molecule has 0 aromatic heterocycles. The topological polar surface area (TPSA) is 21.3 Å². The zero-order valence-corrected chi connectivity index (χ0v) is 14.2. The van der Waals surface area contributed by atoms with Gasteiger partial charge in [-0.05, 0) is 48.4 Å². The first-order chi connectivity index (χ1) is 10.2. The predicted octanol–water partition coefficient (Wildman–Crippen LogP) is 5.09. The molecule has 2 aromatic rings. The maximum Gasteiger partial charge on any atom is 0.119 e. The van der Waals surface area contributed by atoms with Gasteiger partial charge < -0.3 is 10.1 Å². The monoisotopic (exact) mass is 347 g/mol. The van der Waals surface area contributed by atoms with Gasteiger partial charge in [0.2, 0.25) is 0 Å². The molecule has 112 valence electrons. The summed E-state index contributed by atoms with van der Waals surface area (Å²) in [7, 11) is 0. The predicted molar refractivity (Wildman–Crippen MR) is 91.6 cm³/mol. The van der Waals surface area contributed by atoms with Gasteiger partial charge >= 0.3 is 0 Å². The average Bonchev–Trinajstić information content (AvgIpc) is 2.53. The van der Waals surface area contributed by atoms with Crippen molar-refractivity contribution in [1.82, 2.24) is 5.32 Å². The Labute approximate surface area is 135 Å². The Balaban J connectivity index is 1.94. The highest BCUT2D eigenvalue weighted by atomic mass is 79.9. The van der Waals surface area contributed by atoms with E-state index in [-0.39, 0.29) is 0 Å². The lowest BCUT2D eigenvalue weighted by Crippen LogP contribution is -2.19. The number of ether oxygens (including phenoxy) is 1. The zero-order chi connectivity index (χ0) is 15.1.